The van der Waals surface area contributed by atoms with Crippen LogP contribution in [0, 0.1) is 0 Å². The molecule has 6 N–H and O–H groups in total. The summed E-state index contributed by atoms with van der Waals surface area (Å²) in [7, 11) is 0. The summed E-state index contributed by atoms with van der Waals surface area (Å²) < 4.78 is 0.298. The highest BCUT2D eigenvalue weighted by Crippen LogP contribution is 2.19. The Balaban J connectivity index is 2.94. The molecule has 13 heteroatoms. The molecule has 1 aromatic rings. The molecule has 0 aliphatic carbocycles. The van der Waals surface area contributed by atoms with Gasteiger partial charge in [-0.15, -0.1) is 10.2 Å². The van der Waals surface area contributed by atoms with Crippen LogP contribution in [0.2, 0.25) is 0 Å². The van der Waals surface area contributed by atoms with E-state index in [0.29, 0.717) is 4.60 Å². The summed E-state index contributed by atoms with van der Waals surface area (Å²) in [6.07, 6.45) is 0. The number of aromatic nitrogens is 2. The molecule has 0 bridgehead atoms. The second-order valence-electron chi connectivity index (χ2n) is 2.65. The largest absolute Gasteiger partial charge is 0.373 e. The first-order valence-electron chi connectivity index (χ1n) is 4.44. The van der Waals surface area contributed by atoms with Crippen LogP contribution in [-0.4, -0.2) is 22.0 Å². The SMILES string of the molecule is NNC(=O)N=Nc1cc(Br)nc(N=NC(=O)NN)n1. The summed E-state index contributed by atoms with van der Waals surface area (Å²) in [6, 6.07) is -0.385. The third-order valence-electron chi connectivity index (χ3n) is 1.39. The van der Waals surface area contributed by atoms with Crippen molar-refractivity contribution in [3.63, 3.8) is 0 Å². The number of nitrogens with zero attached hydrogens (tertiary/aromatic N) is 6. The molecule has 4 amide bonds. The van der Waals surface area contributed by atoms with E-state index in [2.05, 4.69) is 46.4 Å². The van der Waals surface area contributed by atoms with E-state index in [1.54, 1.807) is 10.9 Å². The number of rotatable bonds is 2. The topological polar surface area (TPSA) is 185 Å². The number of nitrogens with two attached hydrogens (primary N) is 2. The average molecular weight is 331 g/mol. The summed E-state index contributed by atoms with van der Waals surface area (Å²) in [6.45, 7) is 0. The Bertz CT molecular complexity index is 499. The van der Waals surface area contributed by atoms with Gasteiger partial charge in [0.15, 0.2) is 5.82 Å². The van der Waals surface area contributed by atoms with Gasteiger partial charge in [-0.25, -0.2) is 26.3 Å². The molecule has 0 radical (unpaired) electrons. The molecular formula is C6H7BrN10O2. The van der Waals surface area contributed by atoms with Crippen LogP contribution in [-0.2, 0) is 0 Å². The van der Waals surface area contributed by atoms with Crippen LogP contribution in [0.5, 0.6) is 0 Å². The van der Waals surface area contributed by atoms with E-state index in [9.17, 15) is 9.59 Å². The number of halogens is 1. The Labute approximate surface area is 113 Å². The van der Waals surface area contributed by atoms with Gasteiger partial charge in [0.2, 0.25) is 0 Å². The number of hydrogen-bond acceptors (Lipinski definition) is 8. The molecule has 0 aliphatic heterocycles. The minimum atomic E-state index is -0.880. The number of amides is 4. The second-order valence-corrected chi connectivity index (χ2v) is 3.46. The van der Waals surface area contributed by atoms with Crippen molar-refractivity contribution in [2.45, 2.75) is 0 Å². The lowest BCUT2D eigenvalue weighted by molar-refractivity contribution is 0.247. The molecule has 1 rings (SSSR count). The van der Waals surface area contributed by atoms with E-state index in [-0.39, 0.29) is 11.8 Å². The maximum Gasteiger partial charge on any atom is 0.373 e. The van der Waals surface area contributed by atoms with Crippen LogP contribution in [0.1, 0.15) is 0 Å². The van der Waals surface area contributed by atoms with Gasteiger partial charge in [-0.3, -0.25) is 10.9 Å². The molecule has 19 heavy (non-hydrogen) atoms. The lowest BCUT2D eigenvalue weighted by Crippen LogP contribution is -2.26. The summed E-state index contributed by atoms with van der Waals surface area (Å²) in [5.41, 5.74) is 3.49. The maximum atomic E-state index is 10.7. The summed E-state index contributed by atoms with van der Waals surface area (Å²) in [5, 5.41) is 13.2. The zero-order valence-electron chi connectivity index (χ0n) is 9.11. The summed E-state index contributed by atoms with van der Waals surface area (Å²) in [4.78, 5) is 29.0. The van der Waals surface area contributed by atoms with Crippen molar-refractivity contribution in [2.75, 3.05) is 0 Å². The van der Waals surface area contributed by atoms with Crippen LogP contribution < -0.4 is 22.5 Å². The van der Waals surface area contributed by atoms with Crippen molar-refractivity contribution in [2.24, 2.45) is 32.1 Å². The van der Waals surface area contributed by atoms with Gasteiger partial charge >= 0.3 is 12.1 Å². The van der Waals surface area contributed by atoms with Crippen molar-refractivity contribution in [1.29, 1.82) is 0 Å². The second kappa shape index (κ2) is 7.14. The van der Waals surface area contributed by atoms with Gasteiger partial charge < -0.3 is 0 Å². The van der Waals surface area contributed by atoms with E-state index in [1.165, 1.54) is 6.07 Å². The number of nitrogens with one attached hydrogen (secondary N) is 2. The zero-order chi connectivity index (χ0) is 14.3. The van der Waals surface area contributed by atoms with Crippen molar-refractivity contribution in [3.05, 3.63) is 10.7 Å². The maximum absolute atomic E-state index is 10.7. The van der Waals surface area contributed by atoms with Gasteiger partial charge in [0.05, 0.1) is 0 Å². The molecule has 12 nitrogen and oxygen atoms in total. The Kier molecular flexibility index (Phi) is 5.52. The van der Waals surface area contributed by atoms with Crippen LogP contribution >= 0.6 is 15.9 Å². The van der Waals surface area contributed by atoms with Crippen LogP contribution in [0.25, 0.3) is 0 Å². The molecular weight excluding hydrogens is 324 g/mol. The minimum Gasteiger partial charge on any atom is -0.273 e. The summed E-state index contributed by atoms with van der Waals surface area (Å²) in [5.74, 6) is 9.43. The Morgan fingerprint density at radius 2 is 1.68 bits per heavy atom. The lowest BCUT2D eigenvalue weighted by atomic mass is 10.6. The number of hydrogen-bond donors (Lipinski definition) is 4. The van der Waals surface area contributed by atoms with Gasteiger partial charge in [0.1, 0.15) is 4.60 Å². The predicted molar refractivity (Wildman–Crippen MR) is 64.2 cm³/mol. The molecule has 0 spiro atoms. The third-order valence-corrected chi connectivity index (χ3v) is 1.80. The first-order valence-corrected chi connectivity index (χ1v) is 5.23. The Hall–Kier alpha value is -2.38. The van der Waals surface area contributed by atoms with Gasteiger partial charge in [-0.2, -0.15) is 4.98 Å². The highest BCUT2D eigenvalue weighted by Gasteiger charge is 2.03. The fourth-order valence-corrected chi connectivity index (χ4v) is 1.10. The lowest BCUT2D eigenvalue weighted by Gasteiger charge is -1.95. The molecule has 100 valence electrons. The fraction of sp³-hybridized carbons (Fsp3) is 0. The molecule has 0 saturated heterocycles. The molecule has 0 fully saturated rings. The van der Waals surface area contributed by atoms with E-state index in [1.807, 2.05) is 0 Å². The molecule has 0 aromatic carbocycles. The highest BCUT2D eigenvalue weighted by molar-refractivity contribution is 9.10. The van der Waals surface area contributed by atoms with E-state index in [4.69, 9.17) is 11.7 Å². The fourth-order valence-electron chi connectivity index (χ4n) is 0.735. The Morgan fingerprint density at radius 1 is 1.11 bits per heavy atom. The van der Waals surface area contributed by atoms with Gasteiger partial charge in [0, 0.05) is 6.07 Å². The van der Waals surface area contributed by atoms with E-state index < -0.39 is 12.1 Å². The van der Waals surface area contributed by atoms with Gasteiger partial charge in [0.25, 0.3) is 5.95 Å². The Morgan fingerprint density at radius 3 is 2.26 bits per heavy atom. The smallest absolute Gasteiger partial charge is 0.273 e. The number of hydrazine groups is 2. The van der Waals surface area contributed by atoms with Gasteiger partial charge in [-0.05, 0) is 15.9 Å². The van der Waals surface area contributed by atoms with Gasteiger partial charge in [-0.1, -0.05) is 10.2 Å². The average Bonchev–Trinajstić information content (AvgIpc) is 2.41. The number of carbonyl (C=O) groups excluding carboxylic acids is 2. The molecule has 0 aliphatic rings. The molecule has 1 heterocycles. The van der Waals surface area contributed by atoms with Crippen molar-refractivity contribution in [3.8, 4) is 0 Å². The molecule has 0 saturated carbocycles. The first kappa shape index (κ1) is 14.7. The quantitative estimate of drug-likeness (QED) is 0.202. The monoisotopic (exact) mass is 330 g/mol. The van der Waals surface area contributed by atoms with Crippen molar-refractivity contribution in [1.82, 2.24) is 20.8 Å². The van der Waals surface area contributed by atoms with Crippen molar-refractivity contribution < 1.29 is 9.59 Å². The van der Waals surface area contributed by atoms with E-state index in [0.717, 1.165) is 0 Å². The highest BCUT2D eigenvalue weighted by atomic mass is 79.9. The van der Waals surface area contributed by atoms with Crippen LogP contribution in [0.15, 0.2) is 31.1 Å². The third kappa shape index (κ3) is 5.19. The van der Waals surface area contributed by atoms with E-state index >= 15 is 0 Å². The number of urea groups is 2. The molecule has 0 unspecified atom stereocenters. The normalized spacial score (nSPS) is 10.9. The predicted octanol–water partition coefficient (Wildman–Crippen LogP) is 0.573. The molecule has 0 atom stereocenters. The van der Waals surface area contributed by atoms with Crippen LogP contribution in [0.4, 0.5) is 21.4 Å². The van der Waals surface area contributed by atoms with Crippen LogP contribution in [0.3, 0.4) is 0 Å². The minimum absolute atomic E-state index is 0.00702. The first-order chi connectivity index (χ1) is 9.05. The zero-order valence-corrected chi connectivity index (χ0v) is 10.7. The summed E-state index contributed by atoms with van der Waals surface area (Å²) >= 11 is 3.06. The number of carbonyl (C=O) groups is 2. The standard InChI is InChI=1S/C6H7BrN10O2/c7-2-1-3(14-16-5(18)12-8)11-4(10-2)15-17-6(19)13-9/h1H,8-9H2,(H,12,18)(H,13,19). The van der Waals surface area contributed by atoms with Crippen molar-refractivity contribution >= 4 is 39.8 Å². The number of azo groups is 2. The molecule has 1 aromatic heterocycles.